The lowest BCUT2D eigenvalue weighted by Gasteiger charge is -2.34. The van der Waals surface area contributed by atoms with Crippen LogP contribution in [0.2, 0.25) is 5.02 Å². The summed E-state index contributed by atoms with van der Waals surface area (Å²) in [5.41, 5.74) is -1.61. The van der Waals surface area contributed by atoms with Crippen molar-refractivity contribution in [2.24, 2.45) is 5.92 Å². The van der Waals surface area contributed by atoms with Crippen molar-refractivity contribution in [2.45, 2.75) is 31.6 Å². The summed E-state index contributed by atoms with van der Waals surface area (Å²) in [5.74, 6) is -3.28. The number of nitrogens with one attached hydrogen (secondary N) is 2. The molecule has 0 bridgehead atoms. The van der Waals surface area contributed by atoms with Crippen LogP contribution in [0.3, 0.4) is 0 Å². The summed E-state index contributed by atoms with van der Waals surface area (Å²) in [6.07, 6.45) is -3.68. The number of carbonyl (C=O) groups excluding carboxylic acids is 2. The topological polar surface area (TPSA) is 111 Å². The SMILES string of the molecule is N=C(C1=CCC(C(=O)O)CC1)c1ccc(C(=O)N2CC(F)C2)cc1NC(=O)c1c(Cl)cccc1C(F)(F)F. The van der Waals surface area contributed by atoms with Gasteiger partial charge in [-0.1, -0.05) is 23.7 Å². The molecule has 2 aliphatic rings. The van der Waals surface area contributed by atoms with Gasteiger partial charge in [0.15, 0.2) is 0 Å². The Hall–Kier alpha value is -3.73. The van der Waals surface area contributed by atoms with E-state index in [1.807, 2.05) is 0 Å². The van der Waals surface area contributed by atoms with Crippen molar-refractivity contribution in [3.8, 4) is 0 Å². The Morgan fingerprint density at radius 1 is 1.13 bits per heavy atom. The monoisotopic (exact) mass is 551 g/mol. The maximum atomic E-state index is 13.6. The number of benzene rings is 2. The number of allylic oxidation sites excluding steroid dienone is 2. The summed E-state index contributed by atoms with van der Waals surface area (Å²) in [6.45, 7) is -0.214. The van der Waals surface area contributed by atoms with E-state index in [1.54, 1.807) is 6.08 Å². The largest absolute Gasteiger partial charge is 0.481 e. The first kappa shape index (κ1) is 27.3. The zero-order valence-corrected chi connectivity index (χ0v) is 20.5. The van der Waals surface area contributed by atoms with Crippen molar-refractivity contribution in [1.29, 1.82) is 5.41 Å². The van der Waals surface area contributed by atoms with Crippen molar-refractivity contribution >= 4 is 40.8 Å². The summed E-state index contributed by atoms with van der Waals surface area (Å²) in [7, 11) is 0. The first-order valence-corrected chi connectivity index (χ1v) is 12.0. The molecule has 1 heterocycles. The fraction of sp³-hybridized carbons (Fsp3) is 0.308. The average Bonchev–Trinajstić information content (AvgIpc) is 2.85. The highest BCUT2D eigenvalue weighted by molar-refractivity contribution is 6.35. The average molecular weight is 552 g/mol. The Bertz CT molecular complexity index is 1350. The number of alkyl halides is 4. The first-order valence-electron chi connectivity index (χ1n) is 11.6. The normalized spacial score (nSPS) is 17.9. The Kier molecular flexibility index (Phi) is 7.59. The number of anilines is 1. The van der Waals surface area contributed by atoms with Gasteiger partial charge in [-0.2, -0.15) is 13.2 Å². The summed E-state index contributed by atoms with van der Waals surface area (Å²) < 4.78 is 54.1. The highest BCUT2D eigenvalue weighted by Crippen LogP contribution is 2.36. The third-order valence-electron chi connectivity index (χ3n) is 6.54. The quantitative estimate of drug-likeness (QED) is 0.321. The van der Waals surface area contributed by atoms with E-state index in [1.165, 1.54) is 23.1 Å². The molecule has 0 spiro atoms. The highest BCUT2D eigenvalue weighted by atomic mass is 35.5. The van der Waals surface area contributed by atoms with E-state index in [9.17, 15) is 37.1 Å². The third-order valence-corrected chi connectivity index (χ3v) is 6.85. The Labute approximate surface area is 219 Å². The lowest BCUT2D eigenvalue weighted by atomic mass is 9.85. The zero-order valence-electron chi connectivity index (χ0n) is 19.7. The van der Waals surface area contributed by atoms with Gasteiger partial charge in [0.25, 0.3) is 11.8 Å². The van der Waals surface area contributed by atoms with Gasteiger partial charge in [-0.05, 0) is 55.2 Å². The minimum atomic E-state index is -4.88. The van der Waals surface area contributed by atoms with Crippen molar-refractivity contribution in [1.82, 2.24) is 4.90 Å². The van der Waals surface area contributed by atoms with E-state index in [0.717, 1.165) is 12.1 Å². The fourth-order valence-electron chi connectivity index (χ4n) is 4.41. The molecule has 1 atom stereocenters. The van der Waals surface area contributed by atoms with Gasteiger partial charge in [-0.25, -0.2) is 4.39 Å². The maximum absolute atomic E-state index is 13.6. The molecule has 38 heavy (non-hydrogen) atoms. The van der Waals surface area contributed by atoms with Crippen LogP contribution in [0, 0.1) is 11.3 Å². The molecule has 1 fully saturated rings. The minimum Gasteiger partial charge on any atom is -0.481 e. The van der Waals surface area contributed by atoms with Crippen LogP contribution < -0.4 is 5.32 Å². The lowest BCUT2D eigenvalue weighted by Crippen LogP contribution is -2.51. The van der Waals surface area contributed by atoms with Gasteiger partial charge in [0.2, 0.25) is 0 Å². The molecule has 1 saturated heterocycles. The third kappa shape index (κ3) is 5.57. The number of hydrogen-bond acceptors (Lipinski definition) is 4. The van der Waals surface area contributed by atoms with E-state index in [2.05, 4.69) is 5.32 Å². The number of amides is 2. The number of likely N-dealkylation sites (tertiary alicyclic amines) is 1. The van der Waals surface area contributed by atoms with Gasteiger partial charge in [-0.15, -0.1) is 0 Å². The van der Waals surface area contributed by atoms with Gasteiger partial charge in [-0.3, -0.25) is 19.8 Å². The summed E-state index contributed by atoms with van der Waals surface area (Å²) in [5, 5.41) is 19.8. The molecular weight excluding hydrogens is 530 g/mol. The Morgan fingerprint density at radius 2 is 1.84 bits per heavy atom. The molecule has 4 rings (SSSR count). The van der Waals surface area contributed by atoms with E-state index in [-0.39, 0.29) is 54.9 Å². The maximum Gasteiger partial charge on any atom is 0.417 e. The molecule has 7 nitrogen and oxygen atoms in total. The number of rotatable bonds is 6. The van der Waals surface area contributed by atoms with Gasteiger partial charge in [0, 0.05) is 11.1 Å². The summed E-state index contributed by atoms with van der Waals surface area (Å²) >= 11 is 5.97. The van der Waals surface area contributed by atoms with Crippen LogP contribution in [0.15, 0.2) is 48.0 Å². The smallest absolute Gasteiger partial charge is 0.417 e. The van der Waals surface area contributed by atoms with Gasteiger partial charge in [0.1, 0.15) is 6.17 Å². The second kappa shape index (κ2) is 10.6. The molecule has 1 aliphatic heterocycles. The molecule has 2 amide bonds. The molecule has 2 aromatic carbocycles. The number of carbonyl (C=O) groups is 3. The number of carboxylic acids is 1. The van der Waals surface area contributed by atoms with E-state index >= 15 is 0 Å². The first-order chi connectivity index (χ1) is 17.9. The molecule has 12 heteroatoms. The van der Waals surface area contributed by atoms with Crippen LogP contribution >= 0.6 is 11.6 Å². The van der Waals surface area contributed by atoms with Gasteiger partial charge < -0.3 is 15.3 Å². The van der Waals surface area contributed by atoms with Gasteiger partial charge >= 0.3 is 12.1 Å². The van der Waals surface area contributed by atoms with Gasteiger partial charge in [0.05, 0.1) is 46.6 Å². The second-order valence-corrected chi connectivity index (χ2v) is 9.50. The van der Waals surface area contributed by atoms with Crippen LogP contribution in [0.25, 0.3) is 0 Å². The predicted octanol–water partition coefficient (Wildman–Crippen LogP) is 5.58. The molecule has 3 N–H and O–H groups in total. The number of hydrogen-bond donors (Lipinski definition) is 3. The van der Waals surface area contributed by atoms with Crippen molar-refractivity contribution in [3.63, 3.8) is 0 Å². The van der Waals surface area contributed by atoms with E-state index < -0.39 is 52.2 Å². The molecule has 0 radical (unpaired) electrons. The van der Waals surface area contributed by atoms with Crippen LogP contribution in [0.5, 0.6) is 0 Å². The molecular formula is C26H22ClF4N3O4. The molecule has 0 saturated carbocycles. The number of nitrogens with zero attached hydrogens (tertiary/aromatic N) is 1. The summed E-state index contributed by atoms with van der Waals surface area (Å²) in [6, 6.07) is 6.90. The molecule has 1 unspecified atom stereocenters. The van der Waals surface area contributed by atoms with E-state index in [0.29, 0.717) is 11.6 Å². The zero-order chi connectivity index (χ0) is 27.8. The molecule has 200 valence electrons. The molecule has 0 aromatic heterocycles. The van der Waals surface area contributed by atoms with E-state index in [4.69, 9.17) is 17.0 Å². The fourth-order valence-corrected chi connectivity index (χ4v) is 4.67. The highest BCUT2D eigenvalue weighted by Gasteiger charge is 2.37. The standard InChI is InChI=1S/C26H22ClF4N3O4/c27-19-3-1-2-18(26(29,30)31)21(19)23(35)33-20-10-15(24(36)34-11-16(28)12-34)8-9-17(20)22(32)13-4-6-14(7-5-13)25(37)38/h1-4,8-10,14,16,32H,5-7,11-12H2,(H,33,35)(H,37,38). The number of aliphatic carboxylic acids is 1. The Balaban J connectivity index is 1.72. The van der Waals surface area contributed by atoms with Crippen molar-refractivity contribution in [3.05, 3.63) is 75.3 Å². The Morgan fingerprint density at radius 3 is 2.42 bits per heavy atom. The van der Waals surface area contributed by atoms with Crippen molar-refractivity contribution < 1.29 is 37.1 Å². The number of carboxylic acid groups (broad SMARTS) is 1. The van der Waals surface area contributed by atoms with Crippen molar-refractivity contribution in [2.75, 3.05) is 18.4 Å². The second-order valence-electron chi connectivity index (χ2n) is 9.10. The van der Waals surface area contributed by atoms with Crippen LogP contribution in [0.1, 0.15) is 51.1 Å². The minimum absolute atomic E-state index is 0.0440. The van der Waals surface area contributed by atoms with Crippen LogP contribution in [-0.2, 0) is 11.0 Å². The van der Waals surface area contributed by atoms with Crippen LogP contribution in [0.4, 0.5) is 23.2 Å². The van der Waals surface area contributed by atoms with Crippen LogP contribution in [-0.4, -0.2) is 52.8 Å². The molecule has 1 aliphatic carbocycles. The number of halogens is 5. The lowest BCUT2D eigenvalue weighted by molar-refractivity contribution is -0.142. The predicted molar refractivity (Wildman–Crippen MR) is 132 cm³/mol. The molecule has 2 aromatic rings. The summed E-state index contributed by atoms with van der Waals surface area (Å²) in [4.78, 5) is 38.4.